The molecule has 0 atom stereocenters. The Hall–Kier alpha value is -1.98. The number of anilines is 1. The van der Waals surface area contributed by atoms with Gasteiger partial charge in [-0.15, -0.1) is 0 Å². The molecule has 2 aromatic rings. The fraction of sp³-hybridized carbons (Fsp3) is 0.143. The molecule has 5 nitrogen and oxygen atoms in total. The minimum Gasteiger partial charge on any atom is -0.497 e. The lowest BCUT2D eigenvalue weighted by Gasteiger charge is -2.11. The van der Waals surface area contributed by atoms with Crippen LogP contribution in [0.1, 0.15) is 5.56 Å². The second-order valence-electron chi connectivity index (χ2n) is 4.19. The maximum Gasteiger partial charge on any atom is 0.275 e. The first kappa shape index (κ1) is 15.4. The SMILES string of the molecule is COc1ccc(Cl)c(NCc2c(Cl)cccc2[N+](=O)[O-])c1. The molecule has 0 aliphatic carbocycles. The lowest BCUT2D eigenvalue weighted by molar-refractivity contribution is -0.385. The van der Waals surface area contributed by atoms with E-state index in [1.54, 1.807) is 37.4 Å². The second kappa shape index (κ2) is 6.65. The zero-order valence-corrected chi connectivity index (χ0v) is 12.6. The van der Waals surface area contributed by atoms with Crippen LogP contribution in [0.3, 0.4) is 0 Å². The summed E-state index contributed by atoms with van der Waals surface area (Å²) < 4.78 is 5.11. The highest BCUT2D eigenvalue weighted by Crippen LogP contribution is 2.30. The maximum atomic E-state index is 11.0. The molecular formula is C14H12Cl2N2O3. The van der Waals surface area contributed by atoms with Gasteiger partial charge in [0.2, 0.25) is 0 Å². The molecule has 0 fully saturated rings. The van der Waals surface area contributed by atoms with Crippen LogP contribution in [0.15, 0.2) is 36.4 Å². The van der Waals surface area contributed by atoms with Gasteiger partial charge in [0.1, 0.15) is 5.75 Å². The lowest BCUT2D eigenvalue weighted by Crippen LogP contribution is -2.04. The van der Waals surface area contributed by atoms with Crippen molar-refractivity contribution in [2.75, 3.05) is 12.4 Å². The van der Waals surface area contributed by atoms with E-state index in [-0.39, 0.29) is 12.2 Å². The van der Waals surface area contributed by atoms with E-state index in [1.807, 2.05) is 0 Å². The van der Waals surface area contributed by atoms with Crippen molar-refractivity contribution in [2.45, 2.75) is 6.54 Å². The molecule has 110 valence electrons. The predicted octanol–water partition coefficient (Wildman–Crippen LogP) is 4.52. The average molecular weight is 327 g/mol. The third-order valence-corrected chi connectivity index (χ3v) is 3.60. The van der Waals surface area contributed by atoms with Crippen molar-refractivity contribution in [1.82, 2.24) is 0 Å². The number of hydrogen-bond acceptors (Lipinski definition) is 4. The van der Waals surface area contributed by atoms with Crippen LogP contribution in [-0.4, -0.2) is 12.0 Å². The molecule has 0 aliphatic heterocycles. The van der Waals surface area contributed by atoms with Crippen molar-refractivity contribution in [2.24, 2.45) is 0 Å². The van der Waals surface area contributed by atoms with Crippen LogP contribution < -0.4 is 10.1 Å². The summed E-state index contributed by atoms with van der Waals surface area (Å²) in [4.78, 5) is 10.6. The molecule has 0 spiro atoms. The lowest BCUT2D eigenvalue weighted by atomic mass is 10.1. The van der Waals surface area contributed by atoms with Crippen LogP contribution in [0.2, 0.25) is 10.0 Å². The van der Waals surface area contributed by atoms with Crippen molar-refractivity contribution < 1.29 is 9.66 Å². The van der Waals surface area contributed by atoms with Gasteiger partial charge in [0.15, 0.2) is 0 Å². The summed E-state index contributed by atoms with van der Waals surface area (Å²) in [6, 6.07) is 9.69. The summed E-state index contributed by atoms with van der Waals surface area (Å²) in [7, 11) is 1.55. The summed E-state index contributed by atoms with van der Waals surface area (Å²) in [6.45, 7) is 0.183. The Labute approximate surface area is 131 Å². The van der Waals surface area contributed by atoms with Gasteiger partial charge in [-0.2, -0.15) is 0 Å². The van der Waals surface area contributed by atoms with Gasteiger partial charge >= 0.3 is 0 Å². The molecule has 0 heterocycles. The molecule has 0 aliphatic rings. The van der Waals surface area contributed by atoms with Crippen molar-refractivity contribution in [3.05, 3.63) is 62.1 Å². The zero-order chi connectivity index (χ0) is 15.4. The molecule has 0 radical (unpaired) electrons. The maximum absolute atomic E-state index is 11.0. The van der Waals surface area contributed by atoms with Gasteiger partial charge in [-0.05, 0) is 18.2 Å². The summed E-state index contributed by atoms with van der Waals surface area (Å²) in [5.41, 5.74) is 0.988. The number of halogens is 2. The van der Waals surface area contributed by atoms with E-state index in [0.29, 0.717) is 27.0 Å². The molecule has 0 saturated heterocycles. The number of nitrogens with zero attached hydrogens (tertiary/aromatic N) is 1. The Morgan fingerprint density at radius 1 is 1.24 bits per heavy atom. The summed E-state index contributed by atoms with van der Waals surface area (Å²) >= 11 is 12.1. The molecule has 2 aromatic carbocycles. The summed E-state index contributed by atoms with van der Waals surface area (Å²) in [5, 5.41) is 14.9. The van der Waals surface area contributed by atoms with Crippen LogP contribution in [0.4, 0.5) is 11.4 Å². The Morgan fingerprint density at radius 3 is 2.67 bits per heavy atom. The molecule has 2 rings (SSSR count). The smallest absolute Gasteiger partial charge is 0.275 e. The van der Waals surface area contributed by atoms with Gasteiger partial charge in [0.25, 0.3) is 5.69 Å². The van der Waals surface area contributed by atoms with E-state index in [0.717, 1.165) is 0 Å². The van der Waals surface area contributed by atoms with E-state index in [4.69, 9.17) is 27.9 Å². The zero-order valence-electron chi connectivity index (χ0n) is 11.1. The summed E-state index contributed by atoms with van der Waals surface area (Å²) in [5.74, 6) is 0.635. The average Bonchev–Trinajstić information content (AvgIpc) is 2.47. The first-order chi connectivity index (χ1) is 10.0. The highest BCUT2D eigenvalue weighted by atomic mass is 35.5. The monoisotopic (exact) mass is 326 g/mol. The molecule has 0 unspecified atom stereocenters. The van der Waals surface area contributed by atoms with Gasteiger partial charge < -0.3 is 10.1 Å². The minimum absolute atomic E-state index is 0.0333. The minimum atomic E-state index is -0.462. The van der Waals surface area contributed by atoms with Gasteiger partial charge in [0, 0.05) is 18.7 Å². The van der Waals surface area contributed by atoms with Crippen molar-refractivity contribution in [3.8, 4) is 5.75 Å². The fourth-order valence-corrected chi connectivity index (χ4v) is 2.26. The number of methoxy groups -OCH3 is 1. The Morgan fingerprint density at radius 2 is 2.00 bits per heavy atom. The number of ether oxygens (including phenoxy) is 1. The topological polar surface area (TPSA) is 64.4 Å². The van der Waals surface area contributed by atoms with Crippen LogP contribution in [0, 0.1) is 10.1 Å². The fourth-order valence-electron chi connectivity index (χ4n) is 1.84. The molecule has 21 heavy (non-hydrogen) atoms. The van der Waals surface area contributed by atoms with E-state index < -0.39 is 4.92 Å². The van der Waals surface area contributed by atoms with Crippen molar-refractivity contribution >= 4 is 34.6 Å². The van der Waals surface area contributed by atoms with Crippen LogP contribution in [-0.2, 0) is 6.54 Å². The van der Waals surface area contributed by atoms with Crippen LogP contribution in [0.5, 0.6) is 5.75 Å². The number of nitro groups is 1. The molecule has 1 N–H and O–H groups in total. The van der Waals surface area contributed by atoms with E-state index in [1.165, 1.54) is 6.07 Å². The van der Waals surface area contributed by atoms with Gasteiger partial charge in [-0.1, -0.05) is 29.3 Å². The molecular weight excluding hydrogens is 315 g/mol. The Bertz CT molecular complexity index is 677. The van der Waals surface area contributed by atoms with E-state index in [2.05, 4.69) is 5.32 Å². The Kier molecular flexibility index (Phi) is 4.88. The third-order valence-electron chi connectivity index (χ3n) is 2.92. The molecule has 0 aromatic heterocycles. The largest absolute Gasteiger partial charge is 0.497 e. The van der Waals surface area contributed by atoms with Gasteiger partial charge in [-0.25, -0.2) is 0 Å². The number of benzene rings is 2. The number of hydrogen-bond donors (Lipinski definition) is 1. The van der Waals surface area contributed by atoms with Crippen LogP contribution in [0.25, 0.3) is 0 Å². The van der Waals surface area contributed by atoms with Crippen molar-refractivity contribution in [1.29, 1.82) is 0 Å². The number of nitrogens with one attached hydrogen (secondary N) is 1. The summed E-state index contributed by atoms with van der Waals surface area (Å²) in [6.07, 6.45) is 0. The quantitative estimate of drug-likeness (QED) is 0.648. The second-order valence-corrected chi connectivity index (χ2v) is 5.01. The predicted molar refractivity (Wildman–Crippen MR) is 83.4 cm³/mol. The normalized spacial score (nSPS) is 10.2. The molecule has 0 saturated carbocycles. The molecule has 7 heteroatoms. The third kappa shape index (κ3) is 3.56. The van der Waals surface area contributed by atoms with Crippen LogP contribution >= 0.6 is 23.2 Å². The first-order valence-electron chi connectivity index (χ1n) is 6.02. The highest BCUT2D eigenvalue weighted by Gasteiger charge is 2.16. The van der Waals surface area contributed by atoms with Gasteiger partial charge in [-0.3, -0.25) is 10.1 Å². The highest BCUT2D eigenvalue weighted by molar-refractivity contribution is 6.33. The number of nitro benzene ring substituents is 1. The van der Waals surface area contributed by atoms with E-state index in [9.17, 15) is 10.1 Å². The Balaban J connectivity index is 2.26. The van der Waals surface area contributed by atoms with E-state index >= 15 is 0 Å². The molecule has 0 amide bonds. The standard InChI is InChI=1S/C14H12Cl2N2O3/c1-21-9-5-6-12(16)13(7-9)17-8-10-11(15)3-2-4-14(10)18(19)20/h2-7,17H,8H2,1H3. The van der Waals surface area contributed by atoms with Gasteiger partial charge in [0.05, 0.1) is 33.3 Å². The molecule has 0 bridgehead atoms. The van der Waals surface area contributed by atoms with Crippen molar-refractivity contribution in [3.63, 3.8) is 0 Å². The number of rotatable bonds is 5. The first-order valence-corrected chi connectivity index (χ1v) is 6.77.